The highest BCUT2D eigenvalue weighted by molar-refractivity contribution is 6.06. The third-order valence-corrected chi connectivity index (χ3v) is 5.04. The van der Waals surface area contributed by atoms with E-state index in [9.17, 15) is 18.8 Å². The van der Waals surface area contributed by atoms with Crippen LogP contribution in [0.4, 0.5) is 4.39 Å². The van der Waals surface area contributed by atoms with Crippen LogP contribution < -0.4 is 5.32 Å². The summed E-state index contributed by atoms with van der Waals surface area (Å²) in [6.07, 6.45) is 2.00. The van der Waals surface area contributed by atoms with Crippen molar-refractivity contribution in [3.8, 4) is 0 Å². The molecule has 29 heavy (non-hydrogen) atoms. The van der Waals surface area contributed by atoms with Crippen molar-refractivity contribution < 1.29 is 23.5 Å². The summed E-state index contributed by atoms with van der Waals surface area (Å²) in [5, 5.41) is 2.83. The number of fused-ring (bicyclic) bond motifs is 1. The molecular weight excluding hydrogens is 379 g/mol. The minimum absolute atomic E-state index is 0.0626. The molecule has 0 saturated carbocycles. The molecule has 0 bridgehead atoms. The van der Waals surface area contributed by atoms with E-state index in [2.05, 4.69) is 10.3 Å². The van der Waals surface area contributed by atoms with Gasteiger partial charge in [-0.2, -0.15) is 0 Å². The molecule has 1 aromatic heterocycles. The lowest BCUT2D eigenvalue weighted by Crippen LogP contribution is -2.64. The molecule has 1 atom stereocenters. The zero-order valence-corrected chi connectivity index (χ0v) is 16.6. The predicted molar refractivity (Wildman–Crippen MR) is 102 cm³/mol. The molecule has 1 aromatic carbocycles. The number of hydrogen-bond donors (Lipinski definition) is 1. The first-order valence-electron chi connectivity index (χ1n) is 9.30. The highest BCUT2D eigenvalue weighted by atomic mass is 19.1. The first-order chi connectivity index (χ1) is 13.8. The average molecular weight is 402 g/mol. The Hall–Kier alpha value is -3.23. The number of ether oxygens (including phenoxy) is 1. The van der Waals surface area contributed by atoms with Crippen molar-refractivity contribution >= 4 is 17.8 Å². The quantitative estimate of drug-likeness (QED) is 0.743. The summed E-state index contributed by atoms with van der Waals surface area (Å²) < 4.78 is 19.3. The molecule has 1 aliphatic heterocycles. The molecule has 0 radical (unpaired) electrons. The van der Waals surface area contributed by atoms with E-state index in [0.29, 0.717) is 13.0 Å². The average Bonchev–Trinajstić information content (AvgIpc) is 3.13. The summed E-state index contributed by atoms with van der Waals surface area (Å²) in [4.78, 5) is 43.7. The number of aromatic nitrogens is 2. The molecule has 2 aromatic rings. The van der Waals surface area contributed by atoms with Crippen molar-refractivity contribution in [1.82, 2.24) is 19.8 Å². The Kier molecular flexibility index (Phi) is 5.67. The Bertz CT molecular complexity index is 940. The summed E-state index contributed by atoms with van der Waals surface area (Å²) in [5.74, 6) is -1.85. The number of nitrogens with zero attached hydrogens (tertiary/aromatic N) is 3. The lowest BCUT2D eigenvalue weighted by Gasteiger charge is -2.43. The van der Waals surface area contributed by atoms with Crippen molar-refractivity contribution in [3.05, 3.63) is 53.4 Å². The maximum atomic E-state index is 13.2. The van der Waals surface area contributed by atoms with Crippen molar-refractivity contribution in [1.29, 1.82) is 0 Å². The van der Waals surface area contributed by atoms with Crippen LogP contribution in [-0.2, 0) is 22.6 Å². The molecule has 1 N–H and O–H groups in total. The molecule has 0 aliphatic carbocycles. The van der Waals surface area contributed by atoms with Gasteiger partial charge >= 0.3 is 5.97 Å². The number of carbonyl (C=O) groups excluding carboxylic acids is 3. The van der Waals surface area contributed by atoms with Crippen molar-refractivity contribution in [2.24, 2.45) is 0 Å². The van der Waals surface area contributed by atoms with E-state index in [4.69, 9.17) is 4.74 Å². The Morgan fingerprint density at radius 2 is 2.00 bits per heavy atom. The van der Waals surface area contributed by atoms with Crippen LogP contribution in [0, 0.1) is 5.82 Å². The first-order valence-corrected chi connectivity index (χ1v) is 9.30. The van der Waals surface area contributed by atoms with Gasteiger partial charge in [0.05, 0.1) is 20.0 Å². The minimum atomic E-state index is -1.17. The van der Waals surface area contributed by atoms with Crippen molar-refractivity contribution in [2.75, 3.05) is 13.7 Å². The topological polar surface area (TPSA) is 93.5 Å². The number of halogens is 1. The maximum Gasteiger partial charge on any atom is 0.359 e. The van der Waals surface area contributed by atoms with Crippen LogP contribution in [0.1, 0.15) is 46.8 Å². The van der Waals surface area contributed by atoms with Crippen LogP contribution in [0.25, 0.3) is 0 Å². The SMILES string of the molecule is CCCN1C(=O)c2c(C(=O)OC)ncn2CC1(C)C(=O)NCc1ccc(F)cc1. The van der Waals surface area contributed by atoms with Crippen LogP contribution in [-0.4, -0.2) is 51.4 Å². The number of esters is 1. The van der Waals surface area contributed by atoms with E-state index in [1.54, 1.807) is 19.1 Å². The van der Waals surface area contributed by atoms with E-state index in [1.807, 2.05) is 6.92 Å². The standard InChI is InChI=1S/C20H23FN4O4/c1-4-9-25-17(26)16-15(18(27)29-3)23-12-24(16)11-20(25,2)19(28)22-10-13-5-7-14(21)8-6-13/h5-8,12H,4,9-11H2,1-3H3,(H,22,28). The van der Waals surface area contributed by atoms with E-state index >= 15 is 0 Å². The number of hydrogen-bond acceptors (Lipinski definition) is 5. The number of benzene rings is 1. The van der Waals surface area contributed by atoms with Gasteiger partial charge in [0, 0.05) is 13.1 Å². The number of rotatable bonds is 6. The largest absolute Gasteiger partial charge is 0.464 e. The lowest BCUT2D eigenvalue weighted by molar-refractivity contribution is -0.133. The molecule has 3 rings (SSSR count). The fourth-order valence-corrected chi connectivity index (χ4v) is 3.48. The fraction of sp³-hybridized carbons (Fsp3) is 0.400. The number of methoxy groups -OCH3 is 1. The molecule has 9 heteroatoms. The van der Waals surface area contributed by atoms with Gasteiger partial charge in [0.1, 0.15) is 17.1 Å². The molecular formula is C20H23FN4O4. The van der Waals surface area contributed by atoms with Gasteiger partial charge in [-0.05, 0) is 31.0 Å². The van der Waals surface area contributed by atoms with Gasteiger partial charge in [-0.25, -0.2) is 14.2 Å². The van der Waals surface area contributed by atoms with E-state index in [-0.39, 0.29) is 36.2 Å². The second-order valence-corrected chi connectivity index (χ2v) is 7.10. The smallest absolute Gasteiger partial charge is 0.359 e. The van der Waals surface area contributed by atoms with Gasteiger partial charge in [0.15, 0.2) is 5.69 Å². The van der Waals surface area contributed by atoms with Crippen LogP contribution in [0.2, 0.25) is 0 Å². The van der Waals surface area contributed by atoms with Gasteiger partial charge in [0.25, 0.3) is 5.91 Å². The second-order valence-electron chi connectivity index (χ2n) is 7.10. The molecule has 8 nitrogen and oxygen atoms in total. The van der Waals surface area contributed by atoms with E-state index < -0.39 is 17.4 Å². The summed E-state index contributed by atoms with van der Waals surface area (Å²) in [6, 6.07) is 5.82. The normalized spacial score (nSPS) is 18.3. The molecule has 0 fully saturated rings. The Morgan fingerprint density at radius 3 is 2.62 bits per heavy atom. The molecule has 2 heterocycles. The monoisotopic (exact) mass is 402 g/mol. The predicted octanol–water partition coefficient (Wildman–Crippen LogP) is 1.75. The van der Waals surface area contributed by atoms with Gasteiger partial charge in [-0.15, -0.1) is 0 Å². The Labute approximate surface area is 167 Å². The van der Waals surface area contributed by atoms with Gasteiger partial charge in [0.2, 0.25) is 5.91 Å². The fourth-order valence-electron chi connectivity index (χ4n) is 3.48. The number of amides is 2. The Morgan fingerprint density at radius 1 is 1.31 bits per heavy atom. The van der Waals surface area contributed by atoms with Crippen LogP contribution in [0.15, 0.2) is 30.6 Å². The molecule has 1 unspecified atom stereocenters. The van der Waals surface area contributed by atoms with Crippen LogP contribution >= 0.6 is 0 Å². The molecule has 0 saturated heterocycles. The van der Waals surface area contributed by atoms with Gasteiger partial charge < -0.3 is 19.5 Å². The third kappa shape index (κ3) is 3.72. The lowest BCUT2D eigenvalue weighted by atomic mass is 9.94. The Balaban J connectivity index is 1.88. The second kappa shape index (κ2) is 8.02. The van der Waals surface area contributed by atoms with Crippen molar-refractivity contribution in [2.45, 2.75) is 38.9 Å². The molecule has 154 valence electrons. The van der Waals surface area contributed by atoms with Crippen LogP contribution in [0.3, 0.4) is 0 Å². The summed E-state index contributed by atoms with van der Waals surface area (Å²) in [5.41, 5.74) is -0.376. The highest BCUT2D eigenvalue weighted by Gasteiger charge is 2.48. The van der Waals surface area contributed by atoms with E-state index in [0.717, 1.165) is 5.56 Å². The number of imidazole rings is 1. The summed E-state index contributed by atoms with van der Waals surface area (Å²) in [7, 11) is 1.22. The van der Waals surface area contributed by atoms with Crippen LogP contribution in [0.5, 0.6) is 0 Å². The maximum absolute atomic E-state index is 13.2. The van der Waals surface area contributed by atoms with E-state index in [1.165, 1.54) is 35.0 Å². The molecule has 0 spiro atoms. The van der Waals surface area contributed by atoms with Gasteiger partial charge in [-0.1, -0.05) is 19.1 Å². The van der Waals surface area contributed by atoms with Crippen molar-refractivity contribution in [3.63, 3.8) is 0 Å². The highest BCUT2D eigenvalue weighted by Crippen LogP contribution is 2.29. The molecule has 2 amide bonds. The first kappa shape index (κ1) is 20.5. The molecule has 1 aliphatic rings. The zero-order chi connectivity index (χ0) is 21.2. The third-order valence-electron chi connectivity index (χ3n) is 5.04. The summed E-state index contributed by atoms with van der Waals surface area (Å²) >= 11 is 0. The van der Waals surface area contributed by atoms with Gasteiger partial charge in [-0.3, -0.25) is 9.59 Å². The number of carbonyl (C=O) groups is 3. The summed E-state index contributed by atoms with van der Waals surface area (Å²) in [6.45, 7) is 4.27. The zero-order valence-electron chi connectivity index (χ0n) is 16.6. The number of nitrogens with one attached hydrogen (secondary N) is 1. The minimum Gasteiger partial charge on any atom is -0.464 e.